The highest BCUT2D eigenvalue weighted by molar-refractivity contribution is 6.46. The number of Topliss-reactive ketones (excluding diaryl/α,β-unsaturated/α-hetero) is 1. The van der Waals surface area contributed by atoms with Gasteiger partial charge >= 0.3 is 0 Å². The van der Waals surface area contributed by atoms with Crippen LogP contribution in [-0.4, -0.2) is 74.1 Å². The maximum Gasteiger partial charge on any atom is 0.295 e. The molecule has 2 aromatic carbocycles. The second kappa shape index (κ2) is 10.6. The molecule has 34 heavy (non-hydrogen) atoms. The summed E-state index contributed by atoms with van der Waals surface area (Å²) in [6, 6.07) is 11.5. The van der Waals surface area contributed by atoms with Crippen molar-refractivity contribution in [3.8, 4) is 17.2 Å². The van der Waals surface area contributed by atoms with Gasteiger partial charge in [0.05, 0.1) is 31.9 Å². The van der Waals surface area contributed by atoms with Gasteiger partial charge in [-0.2, -0.15) is 0 Å². The number of rotatable bonds is 9. The first kappa shape index (κ1) is 25.1. The average Bonchev–Trinajstić information content (AvgIpc) is 3.06. The quantitative estimate of drug-likeness (QED) is 0.342. The van der Waals surface area contributed by atoms with Gasteiger partial charge in [0.15, 0.2) is 0 Å². The fraction of sp³-hybridized carbons (Fsp3) is 0.385. The smallest absolute Gasteiger partial charge is 0.295 e. The number of hydrogen-bond acceptors (Lipinski definition) is 7. The Morgan fingerprint density at radius 1 is 1.03 bits per heavy atom. The predicted molar refractivity (Wildman–Crippen MR) is 129 cm³/mol. The normalized spacial score (nSPS) is 17.5. The van der Waals surface area contributed by atoms with Crippen LogP contribution in [0.1, 0.15) is 31.0 Å². The Labute approximate surface area is 200 Å². The van der Waals surface area contributed by atoms with Crippen LogP contribution in [0.25, 0.3) is 5.76 Å². The summed E-state index contributed by atoms with van der Waals surface area (Å²) in [6.45, 7) is 4.73. The van der Waals surface area contributed by atoms with Gasteiger partial charge in [0, 0.05) is 13.1 Å². The number of ketones is 1. The van der Waals surface area contributed by atoms with Gasteiger partial charge < -0.3 is 29.1 Å². The summed E-state index contributed by atoms with van der Waals surface area (Å²) in [6.07, 6.45) is 0.00888. The Morgan fingerprint density at radius 3 is 2.12 bits per heavy atom. The van der Waals surface area contributed by atoms with Crippen molar-refractivity contribution in [3.63, 3.8) is 0 Å². The molecule has 0 radical (unpaired) electrons. The third kappa shape index (κ3) is 5.02. The van der Waals surface area contributed by atoms with Crippen molar-refractivity contribution in [1.29, 1.82) is 0 Å². The number of aliphatic hydroxyl groups is 1. The lowest BCUT2D eigenvalue weighted by Gasteiger charge is -2.27. The van der Waals surface area contributed by atoms with E-state index >= 15 is 0 Å². The summed E-state index contributed by atoms with van der Waals surface area (Å²) in [7, 11) is 6.71. The molecule has 0 aliphatic carbocycles. The number of likely N-dealkylation sites (tertiary alicyclic amines) is 1. The number of carbonyl (C=O) groups is 2. The highest BCUT2D eigenvalue weighted by atomic mass is 16.5. The molecule has 0 aromatic heterocycles. The summed E-state index contributed by atoms with van der Waals surface area (Å²) in [5.41, 5.74) is 0.899. The minimum Gasteiger partial charge on any atom is -0.506 e. The lowest BCUT2D eigenvalue weighted by Crippen LogP contribution is -2.35. The zero-order valence-corrected chi connectivity index (χ0v) is 20.5. The lowest BCUT2D eigenvalue weighted by molar-refractivity contribution is -0.140. The molecule has 1 N–H and O–H groups in total. The number of likely N-dealkylation sites (N-methyl/N-ethyl adjacent to an activating group) is 1. The minimum absolute atomic E-state index is 0.00888. The SMILES string of the molecule is COc1cccc(OC)c1/C(O)=C1\C(=O)C(=O)N(CCN(C)C)C1c1ccc(OC(C)C)cc1. The molecular weight excluding hydrogens is 436 g/mol. The summed E-state index contributed by atoms with van der Waals surface area (Å²) >= 11 is 0. The maximum absolute atomic E-state index is 13.2. The summed E-state index contributed by atoms with van der Waals surface area (Å²) < 4.78 is 16.6. The summed E-state index contributed by atoms with van der Waals surface area (Å²) in [4.78, 5) is 29.8. The van der Waals surface area contributed by atoms with Crippen LogP contribution in [-0.2, 0) is 9.59 Å². The molecule has 1 aliphatic heterocycles. The number of nitrogens with zero attached hydrogens (tertiary/aromatic N) is 2. The molecule has 1 unspecified atom stereocenters. The van der Waals surface area contributed by atoms with E-state index in [9.17, 15) is 14.7 Å². The second-order valence-corrected chi connectivity index (χ2v) is 8.57. The van der Waals surface area contributed by atoms with Gasteiger partial charge in [-0.3, -0.25) is 9.59 Å². The zero-order chi connectivity index (χ0) is 25.0. The van der Waals surface area contributed by atoms with Crippen molar-refractivity contribution < 1.29 is 28.9 Å². The third-order valence-corrected chi connectivity index (χ3v) is 5.56. The molecule has 0 saturated carbocycles. The van der Waals surface area contributed by atoms with Gasteiger partial charge in [0.25, 0.3) is 11.7 Å². The summed E-state index contributed by atoms with van der Waals surface area (Å²) in [5.74, 6) is -0.420. The molecule has 1 amide bonds. The Kier molecular flexibility index (Phi) is 7.83. The van der Waals surface area contributed by atoms with Gasteiger partial charge in [0.1, 0.15) is 28.6 Å². The van der Waals surface area contributed by atoms with E-state index in [2.05, 4.69) is 0 Å². The average molecular weight is 469 g/mol. The van der Waals surface area contributed by atoms with Gasteiger partial charge in [0.2, 0.25) is 0 Å². The van der Waals surface area contributed by atoms with Gasteiger partial charge in [-0.25, -0.2) is 0 Å². The first-order valence-electron chi connectivity index (χ1n) is 11.1. The maximum atomic E-state index is 13.2. The first-order valence-corrected chi connectivity index (χ1v) is 11.1. The van der Waals surface area contributed by atoms with Crippen LogP contribution in [0.3, 0.4) is 0 Å². The van der Waals surface area contributed by atoms with Crippen LogP contribution < -0.4 is 14.2 Å². The van der Waals surface area contributed by atoms with Gasteiger partial charge in [-0.15, -0.1) is 0 Å². The van der Waals surface area contributed by atoms with Crippen molar-refractivity contribution in [2.75, 3.05) is 41.4 Å². The number of aliphatic hydroxyl groups excluding tert-OH is 1. The fourth-order valence-electron chi connectivity index (χ4n) is 3.99. The largest absolute Gasteiger partial charge is 0.506 e. The molecule has 1 heterocycles. The topological polar surface area (TPSA) is 88.5 Å². The van der Waals surface area contributed by atoms with Gasteiger partial charge in [-0.1, -0.05) is 18.2 Å². The monoisotopic (exact) mass is 468 g/mol. The highest BCUT2D eigenvalue weighted by Crippen LogP contribution is 2.43. The van der Waals surface area contributed by atoms with Crippen molar-refractivity contribution in [2.45, 2.75) is 26.0 Å². The second-order valence-electron chi connectivity index (χ2n) is 8.57. The number of hydrogen-bond donors (Lipinski definition) is 1. The van der Waals surface area contributed by atoms with Crippen molar-refractivity contribution >= 4 is 17.4 Å². The first-order chi connectivity index (χ1) is 16.2. The number of ether oxygens (including phenoxy) is 3. The van der Waals surface area contributed by atoms with E-state index in [0.717, 1.165) is 0 Å². The highest BCUT2D eigenvalue weighted by Gasteiger charge is 2.46. The lowest BCUT2D eigenvalue weighted by atomic mass is 9.94. The molecule has 1 saturated heterocycles. The van der Waals surface area contributed by atoms with Crippen LogP contribution in [0.5, 0.6) is 17.2 Å². The Balaban J connectivity index is 2.19. The molecule has 0 bridgehead atoms. The Hall–Kier alpha value is -3.52. The van der Waals surface area contributed by atoms with E-state index in [1.807, 2.05) is 45.0 Å². The molecule has 8 heteroatoms. The molecule has 3 rings (SSSR count). The number of amides is 1. The van der Waals surface area contributed by atoms with Crippen LogP contribution in [0.4, 0.5) is 0 Å². The van der Waals surface area contributed by atoms with Crippen LogP contribution >= 0.6 is 0 Å². The van der Waals surface area contributed by atoms with Crippen molar-refractivity contribution in [1.82, 2.24) is 9.80 Å². The van der Waals surface area contributed by atoms with Crippen LogP contribution in [0.2, 0.25) is 0 Å². The predicted octanol–water partition coefficient (Wildman–Crippen LogP) is 3.47. The summed E-state index contributed by atoms with van der Waals surface area (Å²) in [5, 5.41) is 11.4. The Morgan fingerprint density at radius 2 is 1.62 bits per heavy atom. The number of carbonyl (C=O) groups excluding carboxylic acids is 2. The Bertz CT molecular complexity index is 1050. The standard InChI is InChI=1S/C26H32N2O6/c1-16(2)34-18-12-10-17(11-13-18)23-22(25(30)26(31)28(23)15-14-27(3)4)24(29)21-19(32-5)8-7-9-20(21)33-6/h7-13,16,23,29H,14-15H2,1-6H3/b24-22+. The van der Waals surface area contributed by atoms with Crippen molar-refractivity contribution in [2.24, 2.45) is 0 Å². The molecule has 1 aliphatic rings. The molecule has 0 spiro atoms. The van der Waals surface area contributed by atoms with E-state index in [4.69, 9.17) is 14.2 Å². The van der Waals surface area contributed by atoms with E-state index in [1.165, 1.54) is 19.1 Å². The molecule has 182 valence electrons. The molecule has 2 aromatic rings. The van der Waals surface area contributed by atoms with E-state index in [-0.39, 0.29) is 23.0 Å². The van der Waals surface area contributed by atoms with Crippen molar-refractivity contribution in [3.05, 3.63) is 59.2 Å². The number of benzene rings is 2. The van der Waals surface area contributed by atoms with Crippen LogP contribution in [0.15, 0.2) is 48.0 Å². The fourth-order valence-corrected chi connectivity index (χ4v) is 3.99. The molecular formula is C26H32N2O6. The zero-order valence-electron chi connectivity index (χ0n) is 20.5. The third-order valence-electron chi connectivity index (χ3n) is 5.56. The van der Waals surface area contributed by atoms with Crippen LogP contribution in [0, 0.1) is 0 Å². The van der Waals surface area contributed by atoms with E-state index < -0.39 is 17.7 Å². The van der Waals surface area contributed by atoms with E-state index in [1.54, 1.807) is 30.3 Å². The van der Waals surface area contributed by atoms with Gasteiger partial charge in [-0.05, 0) is 57.8 Å². The molecule has 1 fully saturated rings. The van der Waals surface area contributed by atoms with E-state index in [0.29, 0.717) is 35.9 Å². The minimum atomic E-state index is -0.775. The number of methoxy groups -OCH3 is 2. The molecule has 8 nitrogen and oxygen atoms in total. The molecule has 1 atom stereocenters.